The highest BCUT2D eigenvalue weighted by atomic mass is 32.2. The summed E-state index contributed by atoms with van der Waals surface area (Å²) in [7, 11) is -3.80. The van der Waals surface area contributed by atoms with Gasteiger partial charge in [0, 0.05) is 55.4 Å². The maximum absolute atomic E-state index is 13.2. The number of hydrogen-bond donors (Lipinski definition) is 3. The van der Waals surface area contributed by atoms with Crippen LogP contribution in [0.4, 0.5) is 23.1 Å². The Kier molecular flexibility index (Phi) is 5.75. The van der Waals surface area contributed by atoms with Crippen molar-refractivity contribution in [3.8, 4) is 0 Å². The Morgan fingerprint density at radius 2 is 1.84 bits per heavy atom. The first-order chi connectivity index (χ1) is 15.6. The van der Waals surface area contributed by atoms with E-state index in [1.165, 1.54) is 16.1 Å². The minimum absolute atomic E-state index is 0.00953. The molecule has 5 rings (SSSR count). The molecule has 3 heterocycles. The number of aliphatic hydroxyl groups is 1. The fourth-order valence-electron chi connectivity index (χ4n) is 4.65. The number of sulfonamides is 1. The number of nitrogens with zero attached hydrogens (tertiary/aromatic N) is 4. The maximum atomic E-state index is 13.2. The van der Waals surface area contributed by atoms with Crippen molar-refractivity contribution in [3.63, 3.8) is 0 Å². The Morgan fingerprint density at radius 1 is 1.12 bits per heavy atom. The molecule has 0 amide bonds. The van der Waals surface area contributed by atoms with Gasteiger partial charge in [-0.3, -0.25) is 0 Å². The lowest BCUT2D eigenvalue weighted by Gasteiger charge is -2.33. The summed E-state index contributed by atoms with van der Waals surface area (Å²) in [6, 6.07) is 7.95. The van der Waals surface area contributed by atoms with Gasteiger partial charge in [0.1, 0.15) is 0 Å². The van der Waals surface area contributed by atoms with Gasteiger partial charge in [0.05, 0.1) is 11.5 Å². The summed E-state index contributed by atoms with van der Waals surface area (Å²) in [5.41, 5.74) is 2.61. The number of fused-ring (bicyclic) bond motifs is 1. The molecule has 2 aromatic rings. The van der Waals surface area contributed by atoms with Crippen molar-refractivity contribution in [1.82, 2.24) is 15.3 Å². The van der Waals surface area contributed by atoms with Crippen LogP contribution in [0.1, 0.15) is 31.2 Å². The Morgan fingerprint density at radius 3 is 2.53 bits per heavy atom. The highest BCUT2D eigenvalue weighted by Gasteiger charge is 2.39. The van der Waals surface area contributed by atoms with Crippen LogP contribution in [0.3, 0.4) is 0 Å². The first kappa shape index (κ1) is 21.2. The number of anilines is 4. The van der Waals surface area contributed by atoms with E-state index in [2.05, 4.69) is 37.6 Å². The number of aliphatic hydroxyl groups excluding tert-OH is 1. The highest BCUT2D eigenvalue weighted by Crippen LogP contribution is 2.38. The monoisotopic (exact) mass is 456 g/mol. The molecular weight excluding hydrogens is 428 g/mol. The number of nitrogens with one attached hydrogen (secondary N) is 2. The molecule has 0 unspecified atom stereocenters. The van der Waals surface area contributed by atoms with Crippen LogP contribution in [0.5, 0.6) is 0 Å². The molecule has 0 spiro atoms. The second kappa shape index (κ2) is 8.68. The molecule has 1 saturated heterocycles. The van der Waals surface area contributed by atoms with E-state index in [1.54, 1.807) is 6.20 Å². The van der Waals surface area contributed by atoms with Gasteiger partial charge in [0.15, 0.2) is 5.82 Å². The van der Waals surface area contributed by atoms with Gasteiger partial charge in [-0.25, -0.2) is 17.7 Å². The zero-order valence-electron chi connectivity index (χ0n) is 17.9. The Hall–Kier alpha value is -2.69. The third-order valence-electron chi connectivity index (χ3n) is 6.33. The molecule has 3 N–H and O–H groups in total. The van der Waals surface area contributed by atoms with Gasteiger partial charge in [-0.1, -0.05) is 12.8 Å². The van der Waals surface area contributed by atoms with Gasteiger partial charge in [-0.2, -0.15) is 4.98 Å². The zero-order valence-corrected chi connectivity index (χ0v) is 18.7. The molecule has 32 heavy (non-hydrogen) atoms. The van der Waals surface area contributed by atoms with Crippen molar-refractivity contribution in [2.45, 2.75) is 31.7 Å². The molecule has 0 radical (unpaired) electrons. The van der Waals surface area contributed by atoms with E-state index in [9.17, 15) is 13.5 Å². The van der Waals surface area contributed by atoms with E-state index in [-0.39, 0.29) is 10.9 Å². The van der Waals surface area contributed by atoms with Crippen LogP contribution in [0, 0.1) is 0 Å². The largest absolute Gasteiger partial charge is 0.391 e. The normalized spacial score (nSPS) is 20.7. The molecule has 3 aliphatic rings. The predicted molar refractivity (Wildman–Crippen MR) is 126 cm³/mol. The molecule has 2 aliphatic heterocycles. The number of aromatic nitrogens is 2. The van der Waals surface area contributed by atoms with Crippen molar-refractivity contribution < 1.29 is 13.5 Å². The summed E-state index contributed by atoms with van der Waals surface area (Å²) in [6.45, 7) is 3.39. The lowest BCUT2D eigenvalue weighted by Crippen LogP contribution is -2.43. The van der Waals surface area contributed by atoms with Gasteiger partial charge < -0.3 is 20.6 Å². The fourth-order valence-corrected chi connectivity index (χ4v) is 6.32. The van der Waals surface area contributed by atoms with Crippen molar-refractivity contribution in [1.29, 1.82) is 0 Å². The quantitative estimate of drug-likeness (QED) is 0.627. The Bertz CT molecular complexity index is 1110. The van der Waals surface area contributed by atoms with Gasteiger partial charge >= 0.3 is 0 Å². The molecule has 2 fully saturated rings. The van der Waals surface area contributed by atoms with Crippen LogP contribution in [-0.4, -0.2) is 62.3 Å². The van der Waals surface area contributed by atoms with Gasteiger partial charge in [-0.15, -0.1) is 0 Å². The third-order valence-corrected chi connectivity index (χ3v) is 8.23. The van der Waals surface area contributed by atoms with E-state index >= 15 is 0 Å². The van der Waals surface area contributed by atoms with Crippen LogP contribution < -0.4 is 19.8 Å². The maximum Gasteiger partial charge on any atom is 0.264 e. The SMILES string of the molecule is O=S1(=O)C(CO)=Cc2cnc(Nc3ccc(N4CCNCC4)cc3)nc2N1C1CCCC1. The van der Waals surface area contributed by atoms with E-state index in [4.69, 9.17) is 0 Å². The van der Waals surface area contributed by atoms with Crippen LogP contribution in [0.2, 0.25) is 0 Å². The van der Waals surface area contributed by atoms with Crippen LogP contribution in [0.15, 0.2) is 35.4 Å². The van der Waals surface area contributed by atoms with Crippen molar-refractivity contribution in [3.05, 3.63) is 40.9 Å². The van der Waals surface area contributed by atoms with Crippen LogP contribution in [0.25, 0.3) is 6.08 Å². The lowest BCUT2D eigenvalue weighted by atomic mass is 10.2. The van der Waals surface area contributed by atoms with Gasteiger partial charge in [0.2, 0.25) is 5.95 Å². The molecule has 1 aliphatic carbocycles. The lowest BCUT2D eigenvalue weighted by molar-refractivity contribution is 0.338. The molecule has 170 valence electrons. The first-order valence-corrected chi connectivity index (χ1v) is 12.6. The van der Waals surface area contributed by atoms with Crippen molar-refractivity contribution >= 4 is 39.2 Å². The summed E-state index contributed by atoms with van der Waals surface area (Å²) < 4.78 is 27.7. The van der Waals surface area contributed by atoms with Crippen LogP contribution >= 0.6 is 0 Å². The second-order valence-electron chi connectivity index (χ2n) is 8.39. The number of rotatable bonds is 5. The molecule has 0 bridgehead atoms. The molecular formula is C22H28N6O3S. The average molecular weight is 457 g/mol. The molecule has 1 aromatic carbocycles. The minimum atomic E-state index is -3.80. The Balaban J connectivity index is 1.42. The van der Waals surface area contributed by atoms with Gasteiger partial charge in [0.25, 0.3) is 10.0 Å². The zero-order chi connectivity index (χ0) is 22.1. The number of benzene rings is 1. The number of piperazine rings is 1. The van der Waals surface area contributed by atoms with Gasteiger partial charge in [-0.05, 0) is 43.2 Å². The van der Waals surface area contributed by atoms with E-state index in [1.807, 2.05) is 12.1 Å². The summed E-state index contributed by atoms with van der Waals surface area (Å²) in [6.07, 6.45) is 6.64. The average Bonchev–Trinajstić information content (AvgIpc) is 3.33. The summed E-state index contributed by atoms with van der Waals surface area (Å²) in [4.78, 5) is 11.3. The predicted octanol–water partition coefficient (Wildman–Crippen LogP) is 2.06. The van der Waals surface area contributed by atoms with Crippen molar-refractivity contribution in [2.75, 3.05) is 47.3 Å². The van der Waals surface area contributed by atoms with E-state index in [0.29, 0.717) is 17.3 Å². The second-order valence-corrected chi connectivity index (χ2v) is 10.3. The van der Waals surface area contributed by atoms with E-state index in [0.717, 1.165) is 57.5 Å². The third kappa shape index (κ3) is 3.94. The minimum Gasteiger partial charge on any atom is -0.391 e. The smallest absolute Gasteiger partial charge is 0.264 e. The standard InChI is InChI=1S/C22H28N6O3S/c29-15-20-13-16-14-24-22(26-21(16)28(32(20,30)31)19-3-1-2-4-19)25-17-5-7-18(8-6-17)27-11-9-23-10-12-27/h5-8,13-14,19,23,29H,1-4,9-12,15H2,(H,24,25,26). The highest BCUT2D eigenvalue weighted by molar-refractivity contribution is 7.96. The number of hydrogen-bond acceptors (Lipinski definition) is 8. The van der Waals surface area contributed by atoms with Crippen molar-refractivity contribution in [2.24, 2.45) is 0 Å². The van der Waals surface area contributed by atoms with Crippen LogP contribution in [-0.2, 0) is 10.0 Å². The fraction of sp³-hybridized carbons (Fsp3) is 0.455. The summed E-state index contributed by atoms with van der Waals surface area (Å²) in [5, 5.41) is 16.2. The molecule has 9 nitrogen and oxygen atoms in total. The summed E-state index contributed by atoms with van der Waals surface area (Å²) in [5.74, 6) is 0.724. The summed E-state index contributed by atoms with van der Waals surface area (Å²) >= 11 is 0. The molecule has 10 heteroatoms. The Labute approximate surface area is 188 Å². The topological polar surface area (TPSA) is 111 Å². The first-order valence-electron chi connectivity index (χ1n) is 11.1. The molecule has 1 aromatic heterocycles. The molecule has 1 saturated carbocycles. The van der Waals surface area contributed by atoms with E-state index < -0.39 is 16.6 Å². The molecule has 0 atom stereocenters.